The number of amides is 1. The molecule has 16 heteroatoms. The highest BCUT2D eigenvalue weighted by Crippen LogP contribution is 2.36. The quantitative estimate of drug-likeness (QED) is 0.223. The van der Waals surface area contributed by atoms with E-state index in [1.54, 1.807) is 5.32 Å². The summed E-state index contributed by atoms with van der Waals surface area (Å²) in [6.07, 6.45) is -9.68. The van der Waals surface area contributed by atoms with Gasteiger partial charge in [0, 0.05) is 5.69 Å². The van der Waals surface area contributed by atoms with Crippen molar-refractivity contribution in [2.45, 2.75) is 22.1 Å². The number of alkyl halides is 5. The molecule has 0 fully saturated rings. The number of halogens is 6. The minimum Gasteiger partial charge on any atom is -0.425 e. The largest absolute Gasteiger partial charge is 0.482 e. The highest BCUT2D eigenvalue weighted by molar-refractivity contribution is 8.10. The van der Waals surface area contributed by atoms with Gasteiger partial charge in [0.05, 0.1) is 15.4 Å². The number of rotatable bonds is 9. The summed E-state index contributed by atoms with van der Waals surface area (Å²) >= 11 is 0. The topological polar surface area (TPSA) is 110 Å². The molecule has 4 aromatic carbocycles. The van der Waals surface area contributed by atoms with Crippen LogP contribution in [0.15, 0.2) is 113 Å². The third kappa shape index (κ3) is 6.75. The van der Waals surface area contributed by atoms with E-state index in [1.165, 1.54) is 36.4 Å². The van der Waals surface area contributed by atoms with Crippen molar-refractivity contribution in [3.63, 3.8) is 0 Å². The van der Waals surface area contributed by atoms with Gasteiger partial charge in [0.15, 0.2) is 0 Å². The van der Waals surface area contributed by atoms with E-state index in [1.807, 2.05) is 0 Å². The Morgan fingerprint density at radius 1 is 0.698 bits per heavy atom. The monoisotopic (exact) mass is 644 g/mol. The summed E-state index contributed by atoms with van der Waals surface area (Å²) in [5, 5.41) is 1.63. The molecule has 4 rings (SSSR count). The molecule has 0 unspecified atom stereocenters. The predicted octanol–water partition coefficient (Wildman–Crippen LogP) is 6.04. The molecule has 0 aliphatic rings. The van der Waals surface area contributed by atoms with Gasteiger partial charge >= 0.3 is 18.2 Å². The van der Waals surface area contributed by atoms with E-state index in [4.69, 9.17) is 0 Å². The Labute approximate surface area is 241 Å². The molecule has 1 amide bonds. The maximum absolute atomic E-state index is 15.2. The first kappa shape index (κ1) is 31.4. The van der Waals surface area contributed by atoms with Gasteiger partial charge in [-0.2, -0.15) is 25.7 Å². The number of sulfonamides is 2. The number of anilines is 2. The van der Waals surface area contributed by atoms with Gasteiger partial charge in [0.2, 0.25) is 0 Å². The molecule has 0 atom stereocenters. The predicted molar refractivity (Wildman–Crippen MR) is 142 cm³/mol. The highest BCUT2D eigenvalue weighted by atomic mass is 32.3. The number of carbonyl (C=O) groups excluding carboxylic acids is 1. The van der Waals surface area contributed by atoms with Crippen LogP contribution >= 0.6 is 0 Å². The van der Waals surface area contributed by atoms with Gasteiger partial charge in [-0.15, -0.1) is 0 Å². The normalized spacial score (nSPS) is 12.4. The van der Waals surface area contributed by atoms with Gasteiger partial charge in [-0.3, -0.25) is 4.79 Å². The molecule has 0 radical (unpaired) electrons. The first-order chi connectivity index (χ1) is 20.0. The van der Waals surface area contributed by atoms with Crippen molar-refractivity contribution < 1.29 is 52.7 Å². The highest BCUT2D eigenvalue weighted by Gasteiger charge is 2.44. The SMILES string of the molecule is O=C(Nc1ccc(F)c(N(S(=O)(=O)c2ccccc2)S(=O)(=O)c2ccccc2)c1)C(F)(F)Oc1cccc(C(F)(F)F)c1. The number of hydrogen-bond acceptors (Lipinski definition) is 6. The molecule has 4 aromatic rings. The van der Waals surface area contributed by atoms with Crippen molar-refractivity contribution in [2.75, 3.05) is 9.03 Å². The fourth-order valence-corrected chi connectivity index (χ4v) is 7.36. The second-order valence-corrected chi connectivity index (χ2v) is 12.4. The minimum absolute atomic E-state index is 0.234. The van der Waals surface area contributed by atoms with Crippen LogP contribution in [-0.4, -0.2) is 28.9 Å². The van der Waals surface area contributed by atoms with Crippen LogP contribution in [0.2, 0.25) is 0 Å². The number of nitrogens with one attached hydrogen (secondary N) is 1. The maximum atomic E-state index is 15.2. The fraction of sp³-hybridized carbons (Fsp3) is 0.0741. The van der Waals surface area contributed by atoms with Crippen LogP contribution in [0.25, 0.3) is 0 Å². The molecule has 8 nitrogen and oxygen atoms in total. The molecule has 0 saturated heterocycles. The van der Waals surface area contributed by atoms with Crippen molar-refractivity contribution in [3.05, 3.63) is 115 Å². The first-order valence-electron chi connectivity index (χ1n) is 11.8. The zero-order valence-electron chi connectivity index (χ0n) is 21.3. The van der Waals surface area contributed by atoms with Gasteiger partial charge in [-0.05, 0) is 60.7 Å². The third-order valence-electron chi connectivity index (χ3n) is 5.59. The molecule has 0 heterocycles. The van der Waals surface area contributed by atoms with Gasteiger partial charge in [-0.25, -0.2) is 21.2 Å². The van der Waals surface area contributed by atoms with E-state index >= 15 is 4.39 Å². The van der Waals surface area contributed by atoms with Crippen LogP contribution < -0.4 is 13.8 Å². The molecule has 0 aliphatic carbocycles. The lowest BCUT2D eigenvalue weighted by Crippen LogP contribution is -2.40. The standard InChI is InChI=1S/C27H18F6N2O6S2/c28-23-15-14-19(34-25(36)27(32,33)41-20-9-7-8-18(16-20)26(29,30)31)17-24(23)35(42(37,38)21-10-3-1-4-11-21)43(39,40)22-12-5-2-6-13-22/h1-17H,(H,34,36). The van der Waals surface area contributed by atoms with Crippen molar-refractivity contribution in [1.82, 2.24) is 0 Å². The maximum Gasteiger partial charge on any atom is 0.482 e. The minimum atomic E-state index is -5.09. The molecule has 0 saturated carbocycles. The Hall–Kier alpha value is -4.57. The first-order valence-corrected chi connectivity index (χ1v) is 14.7. The van der Waals surface area contributed by atoms with E-state index in [0.29, 0.717) is 18.2 Å². The van der Waals surface area contributed by atoms with Crippen LogP contribution in [0.5, 0.6) is 5.75 Å². The van der Waals surface area contributed by atoms with Gasteiger partial charge < -0.3 is 10.1 Å². The molecular formula is C27H18F6N2O6S2. The molecule has 0 aliphatic heterocycles. The van der Waals surface area contributed by atoms with E-state index in [9.17, 15) is 43.6 Å². The second-order valence-electron chi connectivity index (χ2n) is 8.60. The van der Waals surface area contributed by atoms with Crippen LogP contribution in [0.3, 0.4) is 0 Å². The lowest BCUT2D eigenvalue weighted by Gasteiger charge is -2.25. The Bertz CT molecular complexity index is 1780. The summed E-state index contributed by atoms with van der Waals surface area (Å²) in [4.78, 5) is 11.2. The third-order valence-corrected chi connectivity index (χ3v) is 9.77. The Morgan fingerprint density at radius 3 is 1.74 bits per heavy atom. The van der Waals surface area contributed by atoms with Crippen LogP contribution in [0.1, 0.15) is 5.56 Å². The number of ether oxygens (including phenoxy) is 1. The Morgan fingerprint density at radius 2 is 1.23 bits per heavy atom. The van der Waals surface area contributed by atoms with Crippen molar-refractivity contribution in [3.8, 4) is 5.75 Å². The van der Waals surface area contributed by atoms with Gasteiger partial charge in [0.1, 0.15) is 17.3 Å². The zero-order chi connectivity index (χ0) is 31.6. The molecule has 0 spiro atoms. The van der Waals surface area contributed by atoms with Gasteiger partial charge in [-0.1, -0.05) is 42.5 Å². The van der Waals surface area contributed by atoms with Crippen LogP contribution in [0.4, 0.5) is 37.7 Å². The van der Waals surface area contributed by atoms with Crippen LogP contribution in [-0.2, 0) is 31.0 Å². The molecule has 1 N–H and O–H groups in total. The molecule has 0 aromatic heterocycles. The van der Waals surface area contributed by atoms with Crippen molar-refractivity contribution >= 4 is 37.3 Å². The summed E-state index contributed by atoms with van der Waals surface area (Å²) in [5.41, 5.74) is -3.19. The van der Waals surface area contributed by atoms with E-state index in [-0.39, 0.29) is 9.78 Å². The smallest absolute Gasteiger partial charge is 0.425 e. The fourth-order valence-electron chi connectivity index (χ4n) is 3.63. The van der Waals surface area contributed by atoms with E-state index < -0.39 is 76.5 Å². The average molecular weight is 645 g/mol. The molecule has 0 bridgehead atoms. The van der Waals surface area contributed by atoms with E-state index in [2.05, 4.69) is 4.74 Å². The Balaban J connectivity index is 1.73. The summed E-state index contributed by atoms with van der Waals surface area (Å²) < 4.78 is 141. The summed E-state index contributed by atoms with van der Waals surface area (Å²) in [7, 11) is -10.2. The van der Waals surface area contributed by atoms with Crippen molar-refractivity contribution in [1.29, 1.82) is 0 Å². The molecule has 226 valence electrons. The molecular weight excluding hydrogens is 626 g/mol. The number of benzene rings is 4. The lowest BCUT2D eigenvalue weighted by atomic mass is 10.2. The second kappa shape index (κ2) is 11.6. The number of hydrogen-bond donors (Lipinski definition) is 1. The van der Waals surface area contributed by atoms with Crippen LogP contribution in [0, 0.1) is 5.82 Å². The molecule has 43 heavy (non-hydrogen) atoms. The Kier molecular flexibility index (Phi) is 8.46. The lowest BCUT2D eigenvalue weighted by molar-refractivity contribution is -0.187. The zero-order valence-corrected chi connectivity index (χ0v) is 22.9. The average Bonchev–Trinajstić information content (AvgIpc) is 2.95. The summed E-state index contributed by atoms with van der Waals surface area (Å²) in [6, 6.07) is 16.2. The van der Waals surface area contributed by atoms with Gasteiger partial charge in [0.25, 0.3) is 20.0 Å². The number of carbonyl (C=O) groups is 1. The van der Waals surface area contributed by atoms with E-state index in [0.717, 1.165) is 42.5 Å². The van der Waals surface area contributed by atoms with Crippen molar-refractivity contribution in [2.24, 2.45) is 0 Å². The summed E-state index contributed by atoms with van der Waals surface area (Å²) in [5.74, 6) is -4.68. The number of nitrogens with zero attached hydrogens (tertiary/aromatic N) is 1. The summed E-state index contributed by atoms with van der Waals surface area (Å²) in [6.45, 7) is 0.